The summed E-state index contributed by atoms with van der Waals surface area (Å²) in [4.78, 5) is 24.8. The van der Waals surface area contributed by atoms with Gasteiger partial charge < -0.3 is 0 Å². The van der Waals surface area contributed by atoms with Crippen molar-refractivity contribution in [2.24, 2.45) is 0 Å². The van der Waals surface area contributed by atoms with Crippen LogP contribution in [0.15, 0.2) is 152 Å². The summed E-state index contributed by atoms with van der Waals surface area (Å²) >= 11 is 1.77. The van der Waals surface area contributed by atoms with E-state index in [9.17, 15) is 0 Å². The lowest BCUT2D eigenvalue weighted by Gasteiger charge is -2.10. The van der Waals surface area contributed by atoms with Gasteiger partial charge in [0, 0.05) is 49.3 Å². The van der Waals surface area contributed by atoms with Crippen LogP contribution in [0, 0.1) is 0 Å². The highest BCUT2D eigenvalue weighted by molar-refractivity contribution is 7.26. The normalized spacial score (nSPS) is 11.4. The standard InChI is InChI=1S/C41H25N5S/c1-3-11-27(12-4-1)39-44-40(28-13-5-2-6-14-28)46-41(45-39)29-21-19-26(20-22-29)37-38-33(32-17-9-10-18-36(32)47-38)24-35(43-37)34-23-30-15-7-8-16-31(30)25-42-34/h1-25H. The van der Waals surface area contributed by atoms with Gasteiger partial charge in [-0.25, -0.2) is 19.9 Å². The summed E-state index contributed by atoms with van der Waals surface area (Å²) in [5.74, 6) is 1.91. The molecule has 0 bridgehead atoms. The van der Waals surface area contributed by atoms with Crippen molar-refractivity contribution in [3.63, 3.8) is 0 Å². The Hall–Kier alpha value is -6.11. The smallest absolute Gasteiger partial charge is 0.164 e. The van der Waals surface area contributed by atoms with Crippen LogP contribution in [0.3, 0.4) is 0 Å². The van der Waals surface area contributed by atoms with Crippen molar-refractivity contribution < 1.29 is 0 Å². The Morgan fingerprint density at radius 2 is 0.957 bits per heavy atom. The van der Waals surface area contributed by atoms with Gasteiger partial charge in [-0.05, 0) is 23.6 Å². The first-order valence-electron chi connectivity index (χ1n) is 15.4. The van der Waals surface area contributed by atoms with Gasteiger partial charge in [0.25, 0.3) is 0 Å². The number of thiophene rings is 1. The number of hydrogen-bond donors (Lipinski definition) is 0. The first-order chi connectivity index (χ1) is 23.3. The predicted molar refractivity (Wildman–Crippen MR) is 193 cm³/mol. The van der Waals surface area contributed by atoms with Crippen LogP contribution >= 0.6 is 11.3 Å². The molecule has 4 heterocycles. The van der Waals surface area contributed by atoms with Crippen molar-refractivity contribution in [2.75, 3.05) is 0 Å². The maximum Gasteiger partial charge on any atom is 0.164 e. The fourth-order valence-electron chi connectivity index (χ4n) is 5.99. The maximum absolute atomic E-state index is 5.26. The maximum atomic E-state index is 5.26. The number of nitrogens with zero attached hydrogens (tertiary/aromatic N) is 5. The Bertz CT molecular complexity index is 2500. The molecule has 0 spiro atoms. The van der Waals surface area contributed by atoms with Crippen LogP contribution in [-0.2, 0) is 0 Å². The second kappa shape index (κ2) is 11.4. The highest BCUT2D eigenvalue weighted by atomic mass is 32.1. The van der Waals surface area contributed by atoms with Crippen molar-refractivity contribution >= 4 is 42.3 Å². The minimum atomic E-state index is 0.623. The number of aromatic nitrogens is 5. The van der Waals surface area contributed by atoms with Gasteiger partial charge in [0.1, 0.15) is 0 Å². The predicted octanol–water partition coefficient (Wildman–Crippen LogP) is 10.5. The van der Waals surface area contributed by atoms with E-state index in [-0.39, 0.29) is 0 Å². The third-order valence-corrected chi connectivity index (χ3v) is 9.56. The molecule has 6 heteroatoms. The van der Waals surface area contributed by atoms with E-state index >= 15 is 0 Å². The molecule has 5 nitrogen and oxygen atoms in total. The van der Waals surface area contributed by atoms with Gasteiger partial charge in [-0.3, -0.25) is 4.98 Å². The van der Waals surface area contributed by atoms with Crippen LogP contribution in [0.1, 0.15) is 0 Å². The van der Waals surface area contributed by atoms with E-state index in [1.807, 2.05) is 72.9 Å². The molecular weight excluding hydrogens is 595 g/mol. The largest absolute Gasteiger partial charge is 0.254 e. The average molecular weight is 620 g/mol. The van der Waals surface area contributed by atoms with Gasteiger partial charge in [-0.15, -0.1) is 11.3 Å². The van der Waals surface area contributed by atoms with Crippen LogP contribution in [-0.4, -0.2) is 24.9 Å². The third kappa shape index (κ3) is 5.01. The van der Waals surface area contributed by atoms with E-state index in [4.69, 9.17) is 24.9 Å². The van der Waals surface area contributed by atoms with E-state index in [1.165, 1.54) is 15.5 Å². The highest BCUT2D eigenvalue weighted by Crippen LogP contribution is 2.41. The minimum Gasteiger partial charge on any atom is -0.254 e. The van der Waals surface area contributed by atoms with Gasteiger partial charge in [-0.1, -0.05) is 127 Å². The lowest BCUT2D eigenvalue weighted by atomic mass is 10.0. The molecule has 9 rings (SSSR count). The lowest BCUT2D eigenvalue weighted by molar-refractivity contribution is 1.07. The van der Waals surface area contributed by atoms with Gasteiger partial charge in [0.2, 0.25) is 0 Å². The summed E-state index contributed by atoms with van der Waals surface area (Å²) in [6.45, 7) is 0. The zero-order valence-corrected chi connectivity index (χ0v) is 25.9. The second-order valence-electron chi connectivity index (χ2n) is 11.4. The van der Waals surface area contributed by atoms with Gasteiger partial charge >= 0.3 is 0 Å². The molecule has 0 radical (unpaired) electrons. The molecule has 4 aromatic heterocycles. The molecule has 0 fully saturated rings. The Morgan fingerprint density at radius 1 is 0.404 bits per heavy atom. The third-order valence-electron chi connectivity index (χ3n) is 8.37. The first-order valence-corrected chi connectivity index (χ1v) is 16.2. The Kier molecular flexibility index (Phi) is 6.58. The summed E-state index contributed by atoms with van der Waals surface area (Å²) in [5.41, 5.74) is 6.46. The van der Waals surface area contributed by atoms with Crippen LogP contribution < -0.4 is 0 Å². The molecule has 0 aliphatic heterocycles. The molecule has 0 N–H and O–H groups in total. The van der Waals surface area contributed by atoms with Crippen molar-refractivity contribution in [1.82, 2.24) is 24.9 Å². The zero-order valence-electron chi connectivity index (χ0n) is 25.1. The van der Waals surface area contributed by atoms with Crippen molar-refractivity contribution in [1.29, 1.82) is 0 Å². The molecule has 0 amide bonds. The van der Waals surface area contributed by atoms with E-state index in [0.717, 1.165) is 54.8 Å². The van der Waals surface area contributed by atoms with Crippen LogP contribution in [0.2, 0.25) is 0 Å². The van der Waals surface area contributed by atoms with Crippen LogP contribution in [0.4, 0.5) is 0 Å². The Labute approximate surface area is 275 Å². The fraction of sp³-hybridized carbons (Fsp3) is 0. The van der Waals surface area contributed by atoms with Crippen molar-refractivity contribution in [3.05, 3.63) is 152 Å². The molecule has 5 aromatic carbocycles. The number of pyridine rings is 2. The summed E-state index contributed by atoms with van der Waals surface area (Å²) in [5, 5.41) is 4.66. The fourth-order valence-corrected chi connectivity index (χ4v) is 7.18. The summed E-state index contributed by atoms with van der Waals surface area (Å²) in [6.07, 6.45) is 1.93. The summed E-state index contributed by atoms with van der Waals surface area (Å²) in [7, 11) is 0. The monoisotopic (exact) mass is 619 g/mol. The molecule has 0 aliphatic rings. The van der Waals surface area contributed by atoms with E-state index in [1.54, 1.807) is 11.3 Å². The average Bonchev–Trinajstić information content (AvgIpc) is 3.53. The van der Waals surface area contributed by atoms with E-state index < -0.39 is 0 Å². The Balaban J connectivity index is 1.19. The van der Waals surface area contributed by atoms with Crippen molar-refractivity contribution in [2.45, 2.75) is 0 Å². The van der Waals surface area contributed by atoms with E-state index in [0.29, 0.717) is 17.5 Å². The topological polar surface area (TPSA) is 64.5 Å². The zero-order chi connectivity index (χ0) is 31.2. The quantitative estimate of drug-likeness (QED) is 0.192. The summed E-state index contributed by atoms with van der Waals surface area (Å²) < 4.78 is 2.39. The van der Waals surface area contributed by atoms with Crippen LogP contribution in [0.25, 0.3) is 87.8 Å². The van der Waals surface area contributed by atoms with Gasteiger partial charge in [-0.2, -0.15) is 0 Å². The first kappa shape index (κ1) is 27.2. The number of hydrogen-bond acceptors (Lipinski definition) is 6. The minimum absolute atomic E-state index is 0.623. The number of rotatable bonds is 5. The van der Waals surface area contributed by atoms with Gasteiger partial charge in [0.15, 0.2) is 17.5 Å². The molecule has 220 valence electrons. The SMILES string of the molecule is c1ccc(-c2nc(-c3ccccc3)nc(-c3ccc(-c4nc(-c5cc6ccccc6cn5)cc5c4sc4ccccc45)cc3)n2)cc1. The molecule has 0 saturated carbocycles. The lowest BCUT2D eigenvalue weighted by Crippen LogP contribution is -2.00. The van der Waals surface area contributed by atoms with Crippen LogP contribution in [0.5, 0.6) is 0 Å². The number of fused-ring (bicyclic) bond motifs is 4. The second-order valence-corrected chi connectivity index (χ2v) is 12.4. The molecule has 0 aliphatic carbocycles. The molecule has 0 saturated heterocycles. The van der Waals surface area contributed by atoms with Gasteiger partial charge in [0.05, 0.1) is 21.8 Å². The molecule has 9 aromatic rings. The highest BCUT2D eigenvalue weighted by Gasteiger charge is 2.17. The van der Waals surface area contributed by atoms with Crippen molar-refractivity contribution in [3.8, 4) is 56.8 Å². The van der Waals surface area contributed by atoms with E-state index in [2.05, 4.69) is 78.9 Å². The molecule has 47 heavy (non-hydrogen) atoms. The molecule has 0 unspecified atom stereocenters. The Morgan fingerprint density at radius 3 is 1.64 bits per heavy atom. The number of benzene rings is 5. The molecular formula is C41H25N5S. The summed E-state index contributed by atoms with van der Waals surface area (Å²) in [6, 6.07) is 49.6. The molecule has 0 atom stereocenters.